The molecule has 0 spiro atoms. The molecule has 0 aromatic heterocycles. The molecule has 2 N–H and O–H groups in total. The fourth-order valence-electron chi connectivity index (χ4n) is 3.49. The molecule has 1 rings (SSSR count). The standard InChI is InChI=1S/C23H38O3/c1-6-7-8-9-10-11-12-13-19(22(25)26)15-18-14-17(2)21(24)20(16-18)23(3,4)5/h14,16,19,24H,6-13,15H2,1-5H3,(H,25,26). The van der Waals surface area contributed by atoms with Crippen LogP contribution in [0, 0.1) is 12.8 Å². The van der Waals surface area contributed by atoms with E-state index >= 15 is 0 Å². The number of hydrogen-bond acceptors (Lipinski definition) is 2. The Bertz CT molecular complexity index is 570. The molecular formula is C23H38O3. The first-order valence-electron chi connectivity index (χ1n) is 10.2. The number of hydrogen-bond donors (Lipinski definition) is 2. The van der Waals surface area contributed by atoms with Gasteiger partial charge in [0.2, 0.25) is 0 Å². The van der Waals surface area contributed by atoms with Crippen molar-refractivity contribution in [1.82, 2.24) is 0 Å². The molecule has 0 amide bonds. The maximum Gasteiger partial charge on any atom is 0.306 e. The Hall–Kier alpha value is -1.51. The first-order valence-corrected chi connectivity index (χ1v) is 10.2. The third-order valence-electron chi connectivity index (χ3n) is 5.16. The van der Waals surface area contributed by atoms with Crippen LogP contribution in [0.2, 0.25) is 0 Å². The number of unbranched alkanes of at least 4 members (excludes halogenated alkanes) is 6. The Labute approximate surface area is 159 Å². The molecule has 1 unspecified atom stereocenters. The average molecular weight is 363 g/mol. The molecule has 1 aromatic carbocycles. The minimum Gasteiger partial charge on any atom is -0.507 e. The van der Waals surface area contributed by atoms with Gasteiger partial charge in [0.05, 0.1) is 5.92 Å². The summed E-state index contributed by atoms with van der Waals surface area (Å²) in [5.41, 5.74) is 2.57. The van der Waals surface area contributed by atoms with Gasteiger partial charge in [0.15, 0.2) is 0 Å². The van der Waals surface area contributed by atoms with E-state index in [1.54, 1.807) is 0 Å². The second kappa shape index (κ2) is 10.6. The lowest BCUT2D eigenvalue weighted by Gasteiger charge is -2.23. The van der Waals surface area contributed by atoms with Gasteiger partial charge in [-0.15, -0.1) is 0 Å². The van der Waals surface area contributed by atoms with E-state index in [2.05, 4.69) is 27.7 Å². The van der Waals surface area contributed by atoms with Gasteiger partial charge < -0.3 is 10.2 Å². The molecule has 0 bridgehead atoms. The molecule has 3 heteroatoms. The van der Waals surface area contributed by atoms with E-state index in [1.807, 2.05) is 19.1 Å². The van der Waals surface area contributed by atoms with Gasteiger partial charge in [-0.05, 0) is 41.9 Å². The Balaban J connectivity index is 2.67. The number of aliphatic carboxylic acids is 1. The first kappa shape index (κ1) is 22.5. The number of aromatic hydroxyl groups is 1. The zero-order valence-corrected chi connectivity index (χ0v) is 17.4. The van der Waals surface area contributed by atoms with Crippen LogP contribution in [0.25, 0.3) is 0 Å². The molecule has 0 aliphatic rings. The van der Waals surface area contributed by atoms with Crippen LogP contribution < -0.4 is 0 Å². The molecule has 148 valence electrons. The van der Waals surface area contributed by atoms with Crippen LogP contribution >= 0.6 is 0 Å². The molecule has 0 fully saturated rings. The Morgan fingerprint density at radius 1 is 1.04 bits per heavy atom. The van der Waals surface area contributed by atoms with Gasteiger partial charge in [-0.3, -0.25) is 4.79 Å². The summed E-state index contributed by atoms with van der Waals surface area (Å²) in [7, 11) is 0. The van der Waals surface area contributed by atoms with Gasteiger partial charge in [0, 0.05) is 0 Å². The SMILES string of the molecule is CCCCCCCCCC(Cc1cc(C)c(O)c(C(C)(C)C)c1)C(=O)O. The van der Waals surface area contributed by atoms with Gasteiger partial charge in [0.25, 0.3) is 0 Å². The molecule has 1 atom stereocenters. The second-order valence-corrected chi connectivity index (χ2v) is 8.71. The van der Waals surface area contributed by atoms with E-state index in [-0.39, 0.29) is 11.3 Å². The summed E-state index contributed by atoms with van der Waals surface area (Å²) in [6.07, 6.45) is 9.68. The van der Waals surface area contributed by atoms with Crippen molar-refractivity contribution in [3.63, 3.8) is 0 Å². The number of carboxylic acid groups (broad SMARTS) is 1. The van der Waals surface area contributed by atoms with Crippen LogP contribution in [0.5, 0.6) is 5.75 Å². The lowest BCUT2D eigenvalue weighted by atomic mass is 9.82. The average Bonchev–Trinajstić information content (AvgIpc) is 2.54. The molecule has 0 aliphatic heterocycles. The number of rotatable bonds is 11. The second-order valence-electron chi connectivity index (χ2n) is 8.71. The topological polar surface area (TPSA) is 57.5 Å². The monoisotopic (exact) mass is 362 g/mol. The highest BCUT2D eigenvalue weighted by atomic mass is 16.4. The van der Waals surface area contributed by atoms with Crippen molar-refractivity contribution < 1.29 is 15.0 Å². The van der Waals surface area contributed by atoms with E-state index < -0.39 is 5.97 Å². The van der Waals surface area contributed by atoms with Crippen molar-refractivity contribution >= 4 is 5.97 Å². The van der Waals surface area contributed by atoms with Gasteiger partial charge in [-0.25, -0.2) is 0 Å². The quantitative estimate of drug-likeness (QED) is 0.449. The van der Waals surface area contributed by atoms with Crippen LogP contribution in [0.15, 0.2) is 12.1 Å². The van der Waals surface area contributed by atoms with Gasteiger partial charge in [-0.2, -0.15) is 0 Å². The van der Waals surface area contributed by atoms with Crippen molar-refractivity contribution in [3.8, 4) is 5.75 Å². The third-order valence-corrected chi connectivity index (χ3v) is 5.16. The molecule has 0 saturated carbocycles. The highest BCUT2D eigenvalue weighted by Gasteiger charge is 2.23. The number of carbonyl (C=O) groups is 1. The van der Waals surface area contributed by atoms with E-state index in [0.717, 1.165) is 36.0 Å². The fraction of sp³-hybridized carbons (Fsp3) is 0.696. The zero-order valence-electron chi connectivity index (χ0n) is 17.4. The van der Waals surface area contributed by atoms with E-state index in [0.29, 0.717) is 12.2 Å². The summed E-state index contributed by atoms with van der Waals surface area (Å²) in [6.45, 7) is 10.3. The highest BCUT2D eigenvalue weighted by molar-refractivity contribution is 5.70. The molecule has 3 nitrogen and oxygen atoms in total. The lowest BCUT2D eigenvalue weighted by Crippen LogP contribution is -2.18. The van der Waals surface area contributed by atoms with Crippen LogP contribution in [0.1, 0.15) is 95.8 Å². The molecule has 1 aromatic rings. The Kier molecular flexibility index (Phi) is 9.18. The number of phenolic OH excluding ortho intramolecular Hbond substituents is 1. The smallest absolute Gasteiger partial charge is 0.306 e. The number of aryl methyl sites for hydroxylation is 1. The summed E-state index contributed by atoms with van der Waals surface area (Å²) in [4.78, 5) is 11.7. The van der Waals surface area contributed by atoms with Crippen molar-refractivity contribution in [3.05, 3.63) is 28.8 Å². The van der Waals surface area contributed by atoms with Crippen LogP contribution in [0.3, 0.4) is 0 Å². The van der Waals surface area contributed by atoms with Gasteiger partial charge in [-0.1, -0.05) is 84.8 Å². The van der Waals surface area contributed by atoms with Gasteiger partial charge >= 0.3 is 5.97 Å². The number of carboxylic acids is 1. The number of benzene rings is 1. The molecule has 26 heavy (non-hydrogen) atoms. The van der Waals surface area contributed by atoms with E-state index in [1.165, 1.54) is 32.1 Å². The minimum absolute atomic E-state index is 0.165. The first-order chi connectivity index (χ1) is 12.2. The molecule has 0 heterocycles. The minimum atomic E-state index is -0.709. The molecular weight excluding hydrogens is 324 g/mol. The van der Waals surface area contributed by atoms with E-state index in [9.17, 15) is 15.0 Å². The van der Waals surface area contributed by atoms with Crippen LogP contribution in [-0.4, -0.2) is 16.2 Å². The Morgan fingerprint density at radius 3 is 2.15 bits per heavy atom. The molecule has 0 saturated heterocycles. The van der Waals surface area contributed by atoms with Crippen LogP contribution in [-0.2, 0) is 16.6 Å². The molecule has 0 aliphatic carbocycles. The maximum atomic E-state index is 11.7. The summed E-state index contributed by atoms with van der Waals surface area (Å²) in [5, 5.41) is 20.0. The largest absolute Gasteiger partial charge is 0.507 e. The third kappa shape index (κ3) is 7.39. The fourth-order valence-corrected chi connectivity index (χ4v) is 3.49. The molecule has 0 radical (unpaired) electrons. The van der Waals surface area contributed by atoms with Crippen molar-refractivity contribution in [2.24, 2.45) is 5.92 Å². The van der Waals surface area contributed by atoms with Crippen LogP contribution in [0.4, 0.5) is 0 Å². The van der Waals surface area contributed by atoms with Crippen molar-refractivity contribution in [2.45, 2.75) is 97.8 Å². The summed E-state index contributed by atoms with van der Waals surface area (Å²) < 4.78 is 0. The Morgan fingerprint density at radius 2 is 1.62 bits per heavy atom. The summed E-state index contributed by atoms with van der Waals surface area (Å²) >= 11 is 0. The lowest BCUT2D eigenvalue weighted by molar-refractivity contribution is -0.142. The maximum absolute atomic E-state index is 11.7. The summed E-state index contributed by atoms with van der Waals surface area (Å²) in [5.74, 6) is -0.721. The normalized spacial score (nSPS) is 13.0. The van der Waals surface area contributed by atoms with Gasteiger partial charge in [0.1, 0.15) is 5.75 Å². The zero-order chi connectivity index (χ0) is 19.7. The number of phenols is 1. The highest BCUT2D eigenvalue weighted by Crippen LogP contribution is 2.35. The van der Waals surface area contributed by atoms with Crippen molar-refractivity contribution in [1.29, 1.82) is 0 Å². The van der Waals surface area contributed by atoms with E-state index in [4.69, 9.17) is 0 Å². The predicted molar refractivity (Wildman–Crippen MR) is 109 cm³/mol. The van der Waals surface area contributed by atoms with Crippen molar-refractivity contribution in [2.75, 3.05) is 0 Å². The summed E-state index contributed by atoms with van der Waals surface area (Å²) in [6, 6.07) is 3.92. The predicted octanol–water partition coefficient (Wildman–Crippen LogP) is 6.38.